The van der Waals surface area contributed by atoms with Crippen molar-refractivity contribution in [2.24, 2.45) is 0 Å². The van der Waals surface area contributed by atoms with Gasteiger partial charge in [-0.3, -0.25) is 20.0 Å². The van der Waals surface area contributed by atoms with Gasteiger partial charge in [0.2, 0.25) is 0 Å². The summed E-state index contributed by atoms with van der Waals surface area (Å²) in [5.74, 6) is 0.0727. The molecule has 1 heterocycles. The fraction of sp³-hybridized carbons (Fsp3) is 0.250. The molecule has 21 heavy (non-hydrogen) atoms. The van der Waals surface area contributed by atoms with Crippen LogP contribution in [0.2, 0.25) is 0 Å². The normalized spacial score (nSPS) is 10.4. The van der Waals surface area contributed by atoms with Gasteiger partial charge in [0, 0.05) is 18.0 Å². The second-order valence-electron chi connectivity index (χ2n) is 4.23. The summed E-state index contributed by atoms with van der Waals surface area (Å²) in [7, 11) is 1.56. The summed E-state index contributed by atoms with van der Waals surface area (Å²) in [4.78, 5) is 29.0. The Morgan fingerprint density at radius 3 is 2.86 bits per heavy atom. The molecular formula is C12H13N5O3S. The number of benzene rings is 1. The molecule has 0 spiro atoms. The van der Waals surface area contributed by atoms with E-state index in [1.807, 2.05) is 6.26 Å². The Morgan fingerprint density at radius 2 is 2.29 bits per heavy atom. The predicted octanol–water partition coefficient (Wildman–Crippen LogP) is 1.71. The van der Waals surface area contributed by atoms with Gasteiger partial charge in [0.25, 0.3) is 11.6 Å². The van der Waals surface area contributed by atoms with Crippen molar-refractivity contribution in [2.75, 3.05) is 13.3 Å². The average Bonchev–Trinajstić information content (AvgIpc) is 2.98. The molecular weight excluding hydrogens is 294 g/mol. The highest BCUT2D eigenvalue weighted by Gasteiger charge is 2.23. The van der Waals surface area contributed by atoms with Crippen LogP contribution in [0, 0.1) is 10.1 Å². The van der Waals surface area contributed by atoms with E-state index in [1.165, 1.54) is 35.1 Å². The fourth-order valence-corrected chi connectivity index (χ4v) is 2.22. The minimum absolute atomic E-state index is 0.0638. The van der Waals surface area contributed by atoms with Gasteiger partial charge < -0.3 is 4.90 Å². The molecule has 0 fully saturated rings. The van der Waals surface area contributed by atoms with Crippen LogP contribution >= 0.6 is 11.8 Å². The second-order valence-corrected chi connectivity index (χ2v) is 5.11. The molecule has 9 heteroatoms. The molecule has 0 aliphatic rings. The largest absolute Gasteiger partial charge is 0.334 e. The number of carbonyl (C=O) groups is 1. The third-order valence-electron chi connectivity index (χ3n) is 2.83. The molecule has 1 amide bonds. The van der Waals surface area contributed by atoms with Crippen LogP contribution < -0.4 is 0 Å². The molecule has 1 aromatic heterocycles. The molecule has 8 nitrogen and oxygen atoms in total. The smallest absolute Gasteiger partial charge is 0.282 e. The molecule has 110 valence electrons. The summed E-state index contributed by atoms with van der Waals surface area (Å²) < 4.78 is 0. The first-order valence-electron chi connectivity index (χ1n) is 5.95. The van der Waals surface area contributed by atoms with Gasteiger partial charge in [0.05, 0.1) is 11.5 Å². The molecule has 0 aliphatic carbocycles. The number of hydrogen-bond donors (Lipinski definition) is 1. The Hall–Kier alpha value is -2.42. The Labute approximate surface area is 124 Å². The third-order valence-corrected chi connectivity index (χ3v) is 3.55. The lowest BCUT2D eigenvalue weighted by molar-refractivity contribution is -0.385. The predicted molar refractivity (Wildman–Crippen MR) is 77.1 cm³/mol. The van der Waals surface area contributed by atoms with E-state index in [0.29, 0.717) is 5.82 Å². The van der Waals surface area contributed by atoms with Gasteiger partial charge in [-0.15, -0.1) is 11.8 Å². The lowest BCUT2D eigenvalue weighted by Gasteiger charge is -2.16. The zero-order chi connectivity index (χ0) is 15.4. The fourth-order valence-electron chi connectivity index (χ4n) is 1.78. The summed E-state index contributed by atoms with van der Waals surface area (Å²) in [6.45, 7) is 0.194. The maximum atomic E-state index is 12.4. The van der Waals surface area contributed by atoms with Crippen molar-refractivity contribution in [3.63, 3.8) is 0 Å². The first-order valence-corrected chi connectivity index (χ1v) is 7.17. The van der Waals surface area contributed by atoms with Crippen molar-refractivity contribution >= 4 is 23.4 Å². The minimum atomic E-state index is -0.556. The Kier molecular flexibility index (Phi) is 4.53. The van der Waals surface area contributed by atoms with Crippen LogP contribution in [-0.4, -0.2) is 44.2 Å². The zero-order valence-corrected chi connectivity index (χ0v) is 12.3. The first-order chi connectivity index (χ1) is 10.0. The van der Waals surface area contributed by atoms with Gasteiger partial charge in [-0.2, -0.15) is 5.10 Å². The van der Waals surface area contributed by atoms with Crippen LogP contribution in [0.25, 0.3) is 0 Å². The molecule has 0 bridgehead atoms. The van der Waals surface area contributed by atoms with Crippen LogP contribution in [0.15, 0.2) is 29.4 Å². The molecule has 0 atom stereocenters. The number of amides is 1. The van der Waals surface area contributed by atoms with E-state index in [-0.39, 0.29) is 17.8 Å². The van der Waals surface area contributed by atoms with Gasteiger partial charge in [0.15, 0.2) is 0 Å². The Morgan fingerprint density at radius 1 is 1.52 bits per heavy atom. The van der Waals surface area contributed by atoms with E-state index in [4.69, 9.17) is 0 Å². The summed E-state index contributed by atoms with van der Waals surface area (Å²) in [6.07, 6.45) is 3.18. The number of aromatic amines is 1. The van der Waals surface area contributed by atoms with Gasteiger partial charge in [-0.1, -0.05) is 0 Å². The van der Waals surface area contributed by atoms with E-state index < -0.39 is 10.8 Å². The van der Waals surface area contributed by atoms with Gasteiger partial charge in [-0.25, -0.2) is 4.98 Å². The summed E-state index contributed by atoms with van der Waals surface area (Å²) in [5, 5.41) is 17.4. The van der Waals surface area contributed by atoms with E-state index in [0.717, 1.165) is 4.90 Å². The number of carbonyl (C=O) groups excluding carboxylic acids is 1. The van der Waals surface area contributed by atoms with Crippen molar-refractivity contribution in [3.8, 4) is 0 Å². The van der Waals surface area contributed by atoms with E-state index in [2.05, 4.69) is 15.2 Å². The number of aromatic nitrogens is 3. The van der Waals surface area contributed by atoms with Crippen LogP contribution in [-0.2, 0) is 6.54 Å². The van der Waals surface area contributed by atoms with Crippen molar-refractivity contribution in [3.05, 3.63) is 46.0 Å². The van der Waals surface area contributed by atoms with Crippen molar-refractivity contribution in [2.45, 2.75) is 11.4 Å². The van der Waals surface area contributed by atoms with E-state index in [1.54, 1.807) is 13.1 Å². The van der Waals surface area contributed by atoms with Gasteiger partial charge >= 0.3 is 0 Å². The van der Waals surface area contributed by atoms with Crippen LogP contribution in [0.5, 0.6) is 0 Å². The highest BCUT2D eigenvalue weighted by Crippen LogP contribution is 2.26. The zero-order valence-electron chi connectivity index (χ0n) is 11.4. The number of hydrogen-bond acceptors (Lipinski definition) is 6. The second kappa shape index (κ2) is 6.35. The number of thioether (sulfide) groups is 1. The maximum absolute atomic E-state index is 12.4. The Bertz CT molecular complexity index is 659. The maximum Gasteiger partial charge on any atom is 0.282 e. The number of H-pyrrole nitrogens is 1. The third kappa shape index (κ3) is 3.37. The summed E-state index contributed by atoms with van der Waals surface area (Å²) in [5.41, 5.74) is -0.143. The topological polar surface area (TPSA) is 105 Å². The summed E-state index contributed by atoms with van der Waals surface area (Å²) in [6, 6.07) is 4.50. The van der Waals surface area contributed by atoms with E-state index in [9.17, 15) is 14.9 Å². The first kappa shape index (κ1) is 15.0. The number of nitro benzene ring substituents is 1. The molecule has 0 unspecified atom stereocenters. The molecule has 0 saturated heterocycles. The monoisotopic (exact) mass is 307 g/mol. The van der Waals surface area contributed by atoms with Crippen LogP contribution in [0.3, 0.4) is 0 Å². The van der Waals surface area contributed by atoms with Crippen LogP contribution in [0.4, 0.5) is 5.69 Å². The average molecular weight is 307 g/mol. The quantitative estimate of drug-likeness (QED) is 0.512. The number of nitrogens with zero attached hydrogens (tertiary/aromatic N) is 4. The lowest BCUT2D eigenvalue weighted by Crippen LogP contribution is -2.27. The lowest BCUT2D eigenvalue weighted by atomic mass is 10.1. The SMILES string of the molecule is CSc1ccc([N+](=O)[O-])c(C(=O)N(C)Cc2ncn[nH]2)c1. The number of rotatable bonds is 5. The molecule has 1 N–H and O–H groups in total. The number of nitrogens with one attached hydrogen (secondary N) is 1. The number of nitro groups is 1. The summed E-state index contributed by atoms with van der Waals surface area (Å²) >= 11 is 1.42. The molecule has 0 saturated carbocycles. The Balaban J connectivity index is 2.30. The molecule has 1 aromatic carbocycles. The minimum Gasteiger partial charge on any atom is -0.334 e. The van der Waals surface area contributed by atoms with Crippen molar-refractivity contribution < 1.29 is 9.72 Å². The van der Waals surface area contributed by atoms with E-state index >= 15 is 0 Å². The molecule has 0 radical (unpaired) electrons. The molecule has 0 aliphatic heterocycles. The molecule has 2 rings (SSSR count). The highest BCUT2D eigenvalue weighted by atomic mass is 32.2. The van der Waals surface area contributed by atoms with Crippen molar-refractivity contribution in [1.82, 2.24) is 20.1 Å². The molecule has 2 aromatic rings. The highest BCUT2D eigenvalue weighted by molar-refractivity contribution is 7.98. The standard InChI is InChI=1S/C12H13N5O3S/c1-16(6-11-13-7-14-15-11)12(18)9-5-8(21-2)3-4-10(9)17(19)20/h3-5,7H,6H2,1-2H3,(H,13,14,15). The van der Waals surface area contributed by atoms with Crippen molar-refractivity contribution in [1.29, 1.82) is 0 Å². The van der Waals surface area contributed by atoms with Gasteiger partial charge in [0.1, 0.15) is 17.7 Å². The van der Waals surface area contributed by atoms with Crippen LogP contribution in [0.1, 0.15) is 16.2 Å². The van der Waals surface area contributed by atoms with Gasteiger partial charge in [-0.05, 0) is 18.4 Å².